The molecular formula is C32H28N8O2. The Balaban J connectivity index is 1.19. The first-order valence-corrected chi connectivity index (χ1v) is 13.7. The Bertz CT molecular complexity index is 1760. The zero-order chi connectivity index (χ0) is 28.9. The van der Waals surface area contributed by atoms with Gasteiger partial charge in [0.25, 0.3) is 5.91 Å². The summed E-state index contributed by atoms with van der Waals surface area (Å²) in [7, 11) is 0. The molecular weight excluding hydrogens is 528 g/mol. The predicted molar refractivity (Wildman–Crippen MR) is 158 cm³/mol. The lowest BCUT2D eigenvalue weighted by molar-refractivity contribution is 0.0701. The van der Waals surface area contributed by atoms with E-state index < -0.39 is 5.91 Å². The molecule has 1 saturated heterocycles. The number of piperidine rings is 1. The van der Waals surface area contributed by atoms with Crippen LogP contribution in [0.5, 0.6) is 0 Å². The lowest BCUT2D eigenvalue weighted by atomic mass is 9.97. The minimum Gasteiger partial charge on any atom is -0.367 e. The van der Waals surface area contributed by atoms with Gasteiger partial charge in [-0.25, -0.2) is 20.4 Å². The number of carbonyl (C=O) groups is 1. The number of fused-ring (bicyclic) bond motifs is 1. The number of hydroxylamine groups is 1. The molecule has 1 aliphatic rings. The number of hydrogen-bond acceptors (Lipinski definition) is 9. The fourth-order valence-corrected chi connectivity index (χ4v) is 5.27. The Morgan fingerprint density at radius 3 is 2.50 bits per heavy atom. The summed E-state index contributed by atoms with van der Waals surface area (Å²) >= 11 is 0. The van der Waals surface area contributed by atoms with Crippen molar-refractivity contribution in [2.75, 3.05) is 18.4 Å². The highest BCUT2D eigenvalue weighted by Gasteiger charge is 2.20. The van der Waals surface area contributed by atoms with E-state index in [0.29, 0.717) is 17.4 Å². The average Bonchev–Trinajstić information content (AvgIpc) is 3.05. The van der Waals surface area contributed by atoms with Crippen molar-refractivity contribution >= 4 is 22.6 Å². The summed E-state index contributed by atoms with van der Waals surface area (Å²) in [4.78, 5) is 31.7. The van der Waals surface area contributed by atoms with E-state index in [9.17, 15) is 4.79 Å². The minimum atomic E-state index is -0.682. The van der Waals surface area contributed by atoms with E-state index in [1.165, 1.54) is 5.56 Å². The summed E-state index contributed by atoms with van der Waals surface area (Å²) in [6, 6.07) is 26.2. The molecule has 4 heterocycles. The van der Waals surface area contributed by atoms with Gasteiger partial charge >= 0.3 is 0 Å². The predicted octanol–water partition coefficient (Wildman–Crippen LogP) is 4.82. The Kier molecular flexibility index (Phi) is 7.76. The third-order valence-electron chi connectivity index (χ3n) is 7.45. The molecule has 3 aromatic heterocycles. The van der Waals surface area contributed by atoms with E-state index in [0.717, 1.165) is 60.2 Å². The molecule has 0 radical (unpaired) electrons. The number of benzene rings is 2. The quantitative estimate of drug-likeness (QED) is 0.190. The molecule has 2 aromatic carbocycles. The second-order valence-electron chi connectivity index (χ2n) is 10.2. The number of nitrogens with one attached hydrogen (secondary N) is 2. The topological polar surface area (TPSA) is 140 Å². The fraction of sp³-hybridized carbons (Fsp3) is 0.188. The van der Waals surface area contributed by atoms with Gasteiger partial charge in [-0.05, 0) is 42.2 Å². The maximum absolute atomic E-state index is 12.0. The third-order valence-corrected chi connectivity index (χ3v) is 7.45. The summed E-state index contributed by atoms with van der Waals surface area (Å²) in [6.45, 7) is 2.76. The maximum Gasteiger partial charge on any atom is 0.293 e. The maximum atomic E-state index is 12.0. The lowest BCUT2D eigenvalue weighted by Gasteiger charge is -2.32. The highest BCUT2D eigenvalue weighted by Crippen LogP contribution is 2.33. The van der Waals surface area contributed by atoms with Crippen molar-refractivity contribution in [1.29, 1.82) is 5.26 Å². The van der Waals surface area contributed by atoms with Crippen LogP contribution in [0.4, 0.5) is 5.82 Å². The van der Waals surface area contributed by atoms with Gasteiger partial charge in [0.2, 0.25) is 5.82 Å². The van der Waals surface area contributed by atoms with Gasteiger partial charge in [-0.2, -0.15) is 5.26 Å². The van der Waals surface area contributed by atoms with Crippen molar-refractivity contribution in [3.63, 3.8) is 0 Å². The van der Waals surface area contributed by atoms with Gasteiger partial charge in [0.05, 0.1) is 11.2 Å². The molecule has 0 aliphatic carbocycles. The average molecular weight is 557 g/mol. The number of carbonyl (C=O) groups excluding carboxylic acids is 1. The Morgan fingerprint density at radius 1 is 0.976 bits per heavy atom. The molecule has 208 valence electrons. The van der Waals surface area contributed by atoms with Crippen LogP contribution in [0.2, 0.25) is 0 Å². The van der Waals surface area contributed by atoms with Gasteiger partial charge in [-0.15, -0.1) is 0 Å². The molecule has 0 saturated carbocycles. The zero-order valence-corrected chi connectivity index (χ0v) is 22.7. The minimum absolute atomic E-state index is 0.0918. The van der Waals surface area contributed by atoms with Gasteiger partial charge in [0.15, 0.2) is 0 Å². The number of hydrogen-bond donors (Lipinski definition) is 3. The molecule has 0 spiro atoms. The monoisotopic (exact) mass is 556 g/mol. The van der Waals surface area contributed by atoms with Crippen molar-refractivity contribution in [3.8, 4) is 28.5 Å². The van der Waals surface area contributed by atoms with Gasteiger partial charge in [0, 0.05) is 54.6 Å². The molecule has 6 rings (SSSR count). The third kappa shape index (κ3) is 5.93. The number of nitrogens with zero attached hydrogens (tertiary/aromatic N) is 6. The standard InChI is InChI=1S/C32H28N8O2/c33-18-30-34-13-10-29(38-30)36-25-11-14-40(15-12-25)20-21-6-8-23(9-7-21)31-26(22-4-2-1-3-5-22)16-24-19-35-28(32(41)39-42)17-27(24)37-31/h1-10,13,16-17,19,25,42H,11-12,14-15,20H2,(H,39,41)(H,34,36,38). The normalized spacial score (nSPS) is 13.9. The number of amides is 1. The van der Waals surface area contributed by atoms with Crippen LogP contribution in [0.3, 0.4) is 0 Å². The fourth-order valence-electron chi connectivity index (χ4n) is 5.27. The molecule has 0 unspecified atom stereocenters. The van der Waals surface area contributed by atoms with Crippen molar-refractivity contribution in [2.45, 2.75) is 25.4 Å². The van der Waals surface area contributed by atoms with Crippen LogP contribution in [-0.4, -0.2) is 55.1 Å². The second kappa shape index (κ2) is 12.1. The zero-order valence-electron chi connectivity index (χ0n) is 22.7. The number of rotatable bonds is 7. The van der Waals surface area contributed by atoms with Crippen LogP contribution in [0.15, 0.2) is 85.2 Å². The summed E-state index contributed by atoms with van der Waals surface area (Å²) in [6.07, 6.45) is 5.17. The van der Waals surface area contributed by atoms with Crippen LogP contribution >= 0.6 is 0 Å². The highest BCUT2D eigenvalue weighted by atomic mass is 16.5. The Hall–Kier alpha value is -5.24. The molecule has 5 aromatic rings. The molecule has 10 nitrogen and oxygen atoms in total. The van der Waals surface area contributed by atoms with E-state index in [4.69, 9.17) is 15.5 Å². The molecule has 0 atom stereocenters. The number of aromatic nitrogens is 4. The molecule has 42 heavy (non-hydrogen) atoms. The molecule has 0 bridgehead atoms. The largest absolute Gasteiger partial charge is 0.367 e. The summed E-state index contributed by atoms with van der Waals surface area (Å²) in [5.41, 5.74) is 7.33. The van der Waals surface area contributed by atoms with Gasteiger partial charge in [0.1, 0.15) is 17.6 Å². The Labute approximate surface area is 242 Å². The molecule has 1 fully saturated rings. The molecule has 10 heteroatoms. The van der Waals surface area contributed by atoms with E-state index in [1.54, 1.807) is 30.0 Å². The molecule has 1 aliphatic heterocycles. The highest BCUT2D eigenvalue weighted by molar-refractivity contribution is 5.97. The summed E-state index contributed by atoms with van der Waals surface area (Å²) in [5, 5.41) is 22.3. The van der Waals surface area contributed by atoms with E-state index in [2.05, 4.69) is 49.4 Å². The number of pyridine rings is 2. The van der Waals surface area contributed by atoms with Crippen molar-refractivity contribution in [1.82, 2.24) is 30.3 Å². The van der Waals surface area contributed by atoms with E-state index in [-0.39, 0.29) is 11.5 Å². The van der Waals surface area contributed by atoms with Crippen LogP contribution in [0.1, 0.15) is 34.7 Å². The summed E-state index contributed by atoms with van der Waals surface area (Å²) in [5.74, 6) is 0.183. The van der Waals surface area contributed by atoms with E-state index >= 15 is 0 Å². The first kappa shape index (κ1) is 27.0. The molecule has 1 amide bonds. The van der Waals surface area contributed by atoms with Crippen molar-refractivity contribution < 1.29 is 10.0 Å². The SMILES string of the molecule is N#Cc1nccc(NC2CCN(Cc3ccc(-c4nc5cc(C(=O)NO)ncc5cc4-c4ccccc4)cc3)CC2)n1. The smallest absolute Gasteiger partial charge is 0.293 e. The van der Waals surface area contributed by atoms with Crippen molar-refractivity contribution in [3.05, 3.63) is 102 Å². The van der Waals surface area contributed by atoms with Crippen LogP contribution in [0, 0.1) is 11.3 Å². The first-order valence-electron chi connectivity index (χ1n) is 13.7. The number of anilines is 1. The van der Waals surface area contributed by atoms with Crippen LogP contribution in [0.25, 0.3) is 33.3 Å². The first-order chi connectivity index (χ1) is 20.6. The second-order valence-corrected chi connectivity index (χ2v) is 10.2. The van der Waals surface area contributed by atoms with Crippen LogP contribution in [-0.2, 0) is 6.54 Å². The van der Waals surface area contributed by atoms with Crippen LogP contribution < -0.4 is 10.8 Å². The van der Waals surface area contributed by atoms with Crippen molar-refractivity contribution in [2.24, 2.45) is 0 Å². The molecule has 3 N–H and O–H groups in total. The summed E-state index contributed by atoms with van der Waals surface area (Å²) < 4.78 is 0. The lowest BCUT2D eigenvalue weighted by Crippen LogP contribution is -2.38. The van der Waals surface area contributed by atoms with Gasteiger partial charge in [-0.3, -0.25) is 19.9 Å². The van der Waals surface area contributed by atoms with Gasteiger partial charge in [-0.1, -0.05) is 54.6 Å². The Morgan fingerprint density at radius 2 is 1.76 bits per heavy atom. The number of likely N-dealkylation sites (tertiary alicyclic amines) is 1. The van der Waals surface area contributed by atoms with Gasteiger partial charge < -0.3 is 5.32 Å². The van der Waals surface area contributed by atoms with E-state index in [1.807, 2.05) is 42.5 Å². The number of nitriles is 1.